The fourth-order valence-electron chi connectivity index (χ4n) is 1.59. The maximum Gasteiger partial charge on any atom is 0.433 e. The third kappa shape index (κ3) is 2.33. The largest absolute Gasteiger partial charge is 0.433 e. The van der Waals surface area contributed by atoms with Crippen LogP contribution in [0.4, 0.5) is 13.2 Å². The van der Waals surface area contributed by atoms with Gasteiger partial charge in [-0.15, -0.1) is 0 Å². The van der Waals surface area contributed by atoms with Crippen molar-refractivity contribution in [3.8, 4) is 5.69 Å². The second kappa shape index (κ2) is 4.48. The van der Waals surface area contributed by atoms with Crippen LogP contribution in [0, 0.1) is 6.92 Å². The topological polar surface area (TPSA) is 17.8 Å². The van der Waals surface area contributed by atoms with E-state index in [2.05, 4.69) is 5.10 Å². The van der Waals surface area contributed by atoms with E-state index in [0.29, 0.717) is 0 Å². The van der Waals surface area contributed by atoms with Crippen LogP contribution in [0.3, 0.4) is 0 Å². The van der Waals surface area contributed by atoms with Gasteiger partial charge in [0.15, 0.2) is 5.69 Å². The summed E-state index contributed by atoms with van der Waals surface area (Å²) in [6.45, 7) is 1.35. The Morgan fingerprint density at radius 1 is 1.17 bits per heavy atom. The van der Waals surface area contributed by atoms with Crippen molar-refractivity contribution in [2.24, 2.45) is 0 Å². The first kappa shape index (κ1) is 13.2. The molecule has 0 atom stereocenters. The highest BCUT2D eigenvalue weighted by Gasteiger charge is 2.37. The predicted octanol–water partition coefficient (Wildman–Crippen LogP) is 4.51. The molecule has 96 valence electrons. The van der Waals surface area contributed by atoms with Gasteiger partial charge in [-0.1, -0.05) is 23.2 Å². The molecular weight excluding hydrogens is 288 g/mol. The minimum atomic E-state index is -4.48. The molecule has 0 bridgehead atoms. The van der Waals surface area contributed by atoms with E-state index in [9.17, 15) is 13.2 Å². The first-order valence-electron chi connectivity index (χ1n) is 4.88. The third-order valence-electron chi connectivity index (χ3n) is 2.37. The Hall–Kier alpha value is -1.20. The van der Waals surface area contributed by atoms with Crippen molar-refractivity contribution in [1.29, 1.82) is 0 Å². The van der Waals surface area contributed by atoms with Gasteiger partial charge in [0, 0.05) is 0 Å². The van der Waals surface area contributed by atoms with Gasteiger partial charge in [-0.25, -0.2) is 4.68 Å². The van der Waals surface area contributed by atoms with Gasteiger partial charge in [-0.3, -0.25) is 0 Å². The number of hydrogen-bond acceptors (Lipinski definition) is 1. The summed E-state index contributed by atoms with van der Waals surface area (Å²) in [6, 6.07) is 4.19. The molecule has 0 aliphatic rings. The summed E-state index contributed by atoms with van der Waals surface area (Å²) >= 11 is 11.5. The van der Waals surface area contributed by atoms with Crippen molar-refractivity contribution in [2.45, 2.75) is 13.1 Å². The fraction of sp³-hybridized carbons (Fsp3) is 0.182. The minimum Gasteiger partial charge on any atom is -0.228 e. The van der Waals surface area contributed by atoms with Crippen LogP contribution in [0.2, 0.25) is 10.0 Å². The summed E-state index contributed by atoms with van der Waals surface area (Å²) in [5, 5.41) is 4.17. The average molecular weight is 295 g/mol. The Bertz CT molecular complexity index is 590. The lowest BCUT2D eigenvalue weighted by Crippen LogP contribution is -2.14. The molecule has 2 rings (SSSR count). The maximum atomic E-state index is 12.9. The second-order valence-electron chi connectivity index (χ2n) is 3.68. The van der Waals surface area contributed by atoms with E-state index in [1.165, 1.54) is 25.1 Å². The standard InChI is InChI=1S/C11H7Cl2F3N2/c1-6-5-17-18(10(6)11(14,15)16)7-2-3-8(12)9(13)4-7/h2-5H,1H3. The Morgan fingerprint density at radius 2 is 1.83 bits per heavy atom. The van der Waals surface area contributed by atoms with Gasteiger partial charge in [0.1, 0.15) is 0 Å². The van der Waals surface area contributed by atoms with Crippen LogP contribution in [0.15, 0.2) is 24.4 Å². The predicted molar refractivity (Wildman–Crippen MR) is 63.3 cm³/mol. The zero-order valence-corrected chi connectivity index (χ0v) is 10.6. The molecule has 1 heterocycles. The number of nitrogens with zero attached hydrogens (tertiary/aromatic N) is 2. The average Bonchev–Trinajstić information content (AvgIpc) is 2.64. The van der Waals surface area contributed by atoms with Crippen LogP contribution in [0.25, 0.3) is 5.69 Å². The first-order valence-corrected chi connectivity index (χ1v) is 5.63. The highest BCUT2D eigenvalue weighted by atomic mass is 35.5. The molecule has 0 radical (unpaired) electrons. The summed E-state index contributed by atoms with van der Waals surface area (Å²) in [6.07, 6.45) is -3.32. The van der Waals surface area contributed by atoms with E-state index < -0.39 is 11.9 Å². The van der Waals surface area contributed by atoms with Gasteiger partial charge in [0.05, 0.1) is 21.9 Å². The van der Waals surface area contributed by atoms with E-state index >= 15 is 0 Å². The molecular formula is C11H7Cl2F3N2. The van der Waals surface area contributed by atoms with Crippen LogP contribution in [0.5, 0.6) is 0 Å². The molecule has 0 unspecified atom stereocenters. The first-order chi connectivity index (χ1) is 8.30. The molecule has 0 spiro atoms. The van der Waals surface area contributed by atoms with Crippen LogP contribution in [0.1, 0.15) is 11.3 Å². The second-order valence-corrected chi connectivity index (χ2v) is 4.50. The number of aryl methyl sites for hydroxylation is 1. The lowest BCUT2D eigenvalue weighted by molar-refractivity contribution is -0.143. The monoisotopic (exact) mass is 294 g/mol. The van der Waals surface area contributed by atoms with Crippen LogP contribution in [-0.4, -0.2) is 9.78 Å². The van der Waals surface area contributed by atoms with Crippen molar-refractivity contribution in [3.05, 3.63) is 45.7 Å². The van der Waals surface area contributed by atoms with Gasteiger partial charge in [-0.2, -0.15) is 18.3 Å². The van der Waals surface area contributed by atoms with E-state index in [4.69, 9.17) is 23.2 Å². The molecule has 0 fully saturated rings. The molecule has 0 aliphatic heterocycles. The Labute approximate surface area is 111 Å². The Balaban J connectivity index is 2.61. The number of aromatic nitrogens is 2. The lowest BCUT2D eigenvalue weighted by atomic mass is 10.2. The lowest BCUT2D eigenvalue weighted by Gasteiger charge is -2.12. The Kier molecular flexibility index (Phi) is 3.29. The molecule has 2 nitrogen and oxygen atoms in total. The zero-order chi connectivity index (χ0) is 13.5. The normalized spacial score (nSPS) is 11.9. The quantitative estimate of drug-likeness (QED) is 0.757. The number of benzene rings is 1. The maximum absolute atomic E-state index is 12.9. The summed E-state index contributed by atoms with van der Waals surface area (Å²) in [5.41, 5.74) is -0.556. The van der Waals surface area contributed by atoms with E-state index in [1.54, 1.807) is 0 Å². The zero-order valence-electron chi connectivity index (χ0n) is 9.09. The fourth-order valence-corrected chi connectivity index (χ4v) is 1.88. The SMILES string of the molecule is Cc1cnn(-c2ccc(Cl)c(Cl)c2)c1C(F)(F)F. The van der Waals surface area contributed by atoms with Crippen molar-refractivity contribution in [2.75, 3.05) is 0 Å². The van der Waals surface area contributed by atoms with Gasteiger partial charge in [0.25, 0.3) is 0 Å². The van der Waals surface area contributed by atoms with Crippen molar-refractivity contribution in [3.63, 3.8) is 0 Å². The number of halogens is 5. The molecule has 0 saturated carbocycles. The summed E-state index contributed by atoms with van der Waals surface area (Å²) < 4.78 is 39.5. The molecule has 2 aromatic rings. The van der Waals surface area contributed by atoms with Gasteiger partial charge >= 0.3 is 6.18 Å². The van der Waals surface area contributed by atoms with E-state index in [0.717, 1.165) is 10.9 Å². The molecule has 0 aliphatic carbocycles. The molecule has 1 aromatic heterocycles. The van der Waals surface area contributed by atoms with Crippen LogP contribution >= 0.6 is 23.2 Å². The van der Waals surface area contributed by atoms with Gasteiger partial charge in [-0.05, 0) is 30.7 Å². The van der Waals surface area contributed by atoms with Gasteiger partial charge < -0.3 is 0 Å². The smallest absolute Gasteiger partial charge is 0.228 e. The van der Waals surface area contributed by atoms with E-state index in [-0.39, 0.29) is 21.3 Å². The third-order valence-corrected chi connectivity index (χ3v) is 3.11. The summed E-state index contributed by atoms with van der Waals surface area (Å²) in [4.78, 5) is 0. The number of rotatable bonds is 1. The highest BCUT2D eigenvalue weighted by Crippen LogP contribution is 2.34. The number of hydrogen-bond donors (Lipinski definition) is 0. The molecule has 0 N–H and O–H groups in total. The van der Waals surface area contributed by atoms with Crippen LogP contribution in [-0.2, 0) is 6.18 Å². The van der Waals surface area contributed by atoms with Crippen LogP contribution < -0.4 is 0 Å². The van der Waals surface area contributed by atoms with Crippen molar-refractivity contribution < 1.29 is 13.2 Å². The Morgan fingerprint density at radius 3 is 2.39 bits per heavy atom. The van der Waals surface area contributed by atoms with E-state index in [1.807, 2.05) is 0 Å². The number of alkyl halides is 3. The molecule has 0 amide bonds. The summed E-state index contributed by atoms with van der Waals surface area (Å²) in [5.74, 6) is 0. The molecule has 0 saturated heterocycles. The minimum absolute atomic E-state index is 0.0496. The molecule has 1 aromatic carbocycles. The van der Waals surface area contributed by atoms with Gasteiger partial charge in [0.2, 0.25) is 0 Å². The van der Waals surface area contributed by atoms with Crippen molar-refractivity contribution in [1.82, 2.24) is 9.78 Å². The summed E-state index contributed by atoms with van der Waals surface area (Å²) in [7, 11) is 0. The highest BCUT2D eigenvalue weighted by molar-refractivity contribution is 6.42. The molecule has 7 heteroatoms. The van der Waals surface area contributed by atoms with Crippen molar-refractivity contribution >= 4 is 23.2 Å². The molecule has 18 heavy (non-hydrogen) atoms.